The van der Waals surface area contributed by atoms with Gasteiger partial charge in [0.2, 0.25) is 0 Å². The fourth-order valence-corrected chi connectivity index (χ4v) is 1.65. The number of carboxylic acid groups (broad SMARTS) is 1. The summed E-state index contributed by atoms with van der Waals surface area (Å²) in [4.78, 5) is 15.2. The van der Waals surface area contributed by atoms with E-state index >= 15 is 0 Å². The van der Waals surface area contributed by atoms with Crippen LogP contribution in [0, 0.1) is 6.92 Å². The number of aryl methyl sites for hydroxylation is 1. The van der Waals surface area contributed by atoms with Crippen LogP contribution in [0.25, 0.3) is 0 Å². The highest BCUT2D eigenvalue weighted by Crippen LogP contribution is 2.22. The fourth-order valence-electron chi connectivity index (χ4n) is 1.65. The first kappa shape index (κ1) is 15.0. The molecule has 0 aliphatic rings. The number of hydrogen-bond acceptors (Lipinski definition) is 5. The monoisotopic (exact) mass is 290 g/mol. The maximum Gasteiger partial charge on any atom is 0.335 e. The third-order valence-electron chi connectivity index (χ3n) is 2.93. The molecule has 0 fully saturated rings. The first-order chi connectivity index (χ1) is 9.77. The molecule has 0 spiro atoms. The standard InChI is InChI=1S/C15H18N2O4/c1-9-5-6-10(13(18)19)7-11(9)20-8-12-16-14(17-21-12)15(2,3)4/h5-7H,8H2,1-4H3,(H,18,19). The average molecular weight is 290 g/mol. The van der Waals surface area contributed by atoms with Crippen molar-refractivity contribution >= 4 is 5.97 Å². The molecule has 0 atom stereocenters. The van der Waals surface area contributed by atoms with Crippen LogP contribution < -0.4 is 4.74 Å². The van der Waals surface area contributed by atoms with Crippen molar-refractivity contribution in [3.63, 3.8) is 0 Å². The van der Waals surface area contributed by atoms with Crippen molar-refractivity contribution in [1.82, 2.24) is 10.1 Å². The topological polar surface area (TPSA) is 85.5 Å². The lowest BCUT2D eigenvalue weighted by Gasteiger charge is -2.11. The Morgan fingerprint density at radius 1 is 1.38 bits per heavy atom. The van der Waals surface area contributed by atoms with Crippen molar-refractivity contribution in [1.29, 1.82) is 0 Å². The molecule has 2 rings (SSSR count). The minimum absolute atomic E-state index is 0.104. The van der Waals surface area contributed by atoms with E-state index in [-0.39, 0.29) is 17.6 Å². The summed E-state index contributed by atoms with van der Waals surface area (Å²) in [6, 6.07) is 4.72. The molecule has 0 saturated heterocycles. The lowest BCUT2D eigenvalue weighted by molar-refractivity contribution is 0.0696. The molecule has 2 aromatic rings. The predicted molar refractivity (Wildman–Crippen MR) is 75.5 cm³/mol. The maximum absolute atomic E-state index is 11.0. The second-order valence-electron chi connectivity index (χ2n) is 5.84. The Kier molecular flexibility index (Phi) is 3.97. The quantitative estimate of drug-likeness (QED) is 0.931. The van der Waals surface area contributed by atoms with Crippen LogP contribution in [0.3, 0.4) is 0 Å². The Bertz CT molecular complexity index is 656. The summed E-state index contributed by atoms with van der Waals surface area (Å²) < 4.78 is 10.7. The van der Waals surface area contributed by atoms with Crippen LogP contribution in [-0.4, -0.2) is 21.2 Å². The molecule has 0 aliphatic heterocycles. The highest BCUT2D eigenvalue weighted by molar-refractivity contribution is 5.88. The van der Waals surface area contributed by atoms with E-state index in [0.717, 1.165) is 5.56 Å². The molecule has 1 heterocycles. The van der Waals surface area contributed by atoms with Crippen LogP contribution in [0.15, 0.2) is 22.7 Å². The number of hydrogen-bond donors (Lipinski definition) is 1. The van der Waals surface area contributed by atoms with Crippen LogP contribution in [0.1, 0.15) is 48.4 Å². The van der Waals surface area contributed by atoms with Gasteiger partial charge in [0.05, 0.1) is 5.56 Å². The number of nitrogens with zero attached hydrogens (tertiary/aromatic N) is 2. The minimum atomic E-state index is -0.993. The molecule has 1 N–H and O–H groups in total. The minimum Gasteiger partial charge on any atom is -0.483 e. The van der Waals surface area contributed by atoms with Crippen molar-refractivity contribution in [3.05, 3.63) is 41.0 Å². The number of carbonyl (C=O) groups is 1. The van der Waals surface area contributed by atoms with Crippen molar-refractivity contribution in [2.24, 2.45) is 0 Å². The Morgan fingerprint density at radius 2 is 2.10 bits per heavy atom. The Hall–Kier alpha value is -2.37. The highest BCUT2D eigenvalue weighted by atomic mass is 16.5. The van der Waals surface area contributed by atoms with Gasteiger partial charge in [-0.1, -0.05) is 32.0 Å². The van der Waals surface area contributed by atoms with Gasteiger partial charge in [0, 0.05) is 5.41 Å². The fraction of sp³-hybridized carbons (Fsp3) is 0.400. The van der Waals surface area contributed by atoms with E-state index < -0.39 is 5.97 Å². The number of aromatic nitrogens is 2. The molecule has 0 amide bonds. The van der Waals surface area contributed by atoms with E-state index in [4.69, 9.17) is 14.4 Å². The van der Waals surface area contributed by atoms with Crippen LogP contribution in [0.4, 0.5) is 0 Å². The molecule has 112 valence electrons. The third-order valence-corrected chi connectivity index (χ3v) is 2.93. The summed E-state index contributed by atoms with van der Waals surface area (Å²) in [5.74, 6) is 0.468. The molecule has 6 nitrogen and oxygen atoms in total. The molecule has 0 bridgehead atoms. The summed E-state index contributed by atoms with van der Waals surface area (Å²) >= 11 is 0. The molecule has 0 aliphatic carbocycles. The zero-order chi connectivity index (χ0) is 15.6. The van der Waals surface area contributed by atoms with Crippen molar-refractivity contribution in [2.75, 3.05) is 0 Å². The number of aromatic carboxylic acids is 1. The number of ether oxygens (including phenoxy) is 1. The van der Waals surface area contributed by atoms with Gasteiger partial charge in [-0.15, -0.1) is 0 Å². The first-order valence-corrected chi connectivity index (χ1v) is 6.57. The van der Waals surface area contributed by atoms with E-state index in [9.17, 15) is 4.79 Å². The van der Waals surface area contributed by atoms with Crippen LogP contribution >= 0.6 is 0 Å². The molecule has 1 aromatic heterocycles. The molecular formula is C15H18N2O4. The maximum atomic E-state index is 11.0. The second kappa shape index (κ2) is 5.55. The Labute approximate surface area is 122 Å². The molecule has 6 heteroatoms. The van der Waals surface area contributed by atoms with Gasteiger partial charge < -0.3 is 14.4 Å². The number of benzene rings is 1. The molecule has 0 saturated carbocycles. The summed E-state index contributed by atoms with van der Waals surface area (Å²) in [5.41, 5.74) is 0.827. The van der Waals surface area contributed by atoms with Crippen molar-refractivity contribution < 1.29 is 19.2 Å². The summed E-state index contributed by atoms with van der Waals surface area (Å²) in [6.07, 6.45) is 0. The summed E-state index contributed by atoms with van der Waals surface area (Å²) in [6.45, 7) is 7.91. The normalized spacial score (nSPS) is 11.4. The van der Waals surface area contributed by atoms with E-state index in [1.54, 1.807) is 6.07 Å². The molecule has 0 unspecified atom stereocenters. The highest BCUT2D eigenvalue weighted by Gasteiger charge is 2.21. The summed E-state index contributed by atoms with van der Waals surface area (Å²) in [7, 11) is 0. The Morgan fingerprint density at radius 3 is 2.67 bits per heavy atom. The number of carboxylic acids is 1. The second-order valence-corrected chi connectivity index (χ2v) is 5.84. The van der Waals surface area contributed by atoms with Gasteiger partial charge in [-0.3, -0.25) is 0 Å². The lowest BCUT2D eigenvalue weighted by Crippen LogP contribution is -2.13. The zero-order valence-corrected chi connectivity index (χ0v) is 12.5. The predicted octanol–water partition coefficient (Wildman–Crippen LogP) is 2.95. The first-order valence-electron chi connectivity index (χ1n) is 6.57. The van der Waals surface area contributed by atoms with Gasteiger partial charge in [-0.2, -0.15) is 4.98 Å². The number of rotatable bonds is 4. The van der Waals surface area contributed by atoms with Gasteiger partial charge in [0.1, 0.15) is 5.75 Å². The van der Waals surface area contributed by atoms with Crippen LogP contribution in [0.2, 0.25) is 0 Å². The van der Waals surface area contributed by atoms with Gasteiger partial charge in [0.15, 0.2) is 12.4 Å². The van der Waals surface area contributed by atoms with Crippen LogP contribution in [-0.2, 0) is 12.0 Å². The molecule has 0 radical (unpaired) electrons. The molecular weight excluding hydrogens is 272 g/mol. The van der Waals surface area contributed by atoms with E-state index in [1.807, 2.05) is 27.7 Å². The third kappa shape index (κ3) is 3.59. The zero-order valence-electron chi connectivity index (χ0n) is 12.5. The van der Waals surface area contributed by atoms with Crippen molar-refractivity contribution in [3.8, 4) is 5.75 Å². The molecule has 1 aromatic carbocycles. The average Bonchev–Trinajstić information content (AvgIpc) is 2.86. The Balaban J connectivity index is 2.11. The van der Waals surface area contributed by atoms with Gasteiger partial charge in [-0.25, -0.2) is 4.79 Å². The van der Waals surface area contributed by atoms with E-state index in [0.29, 0.717) is 17.5 Å². The van der Waals surface area contributed by atoms with Crippen LogP contribution in [0.5, 0.6) is 5.75 Å². The lowest BCUT2D eigenvalue weighted by atomic mass is 9.96. The SMILES string of the molecule is Cc1ccc(C(=O)O)cc1OCc1nc(C(C)(C)C)no1. The van der Waals surface area contributed by atoms with Gasteiger partial charge in [0.25, 0.3) is 5.89 Å². The van der Waals surface area contributed by atoms with Gasteiger partial charge >= 0.3 is 5.97 Å². The van der Waals surface area contributed by atoms with E-state index in [2.05, 4.69) is 10.1 Å². The largest absolute Gasteiger partial charge is 0.483 e. The van der Waals surface area contributed by atoms with Crippen molar-refractivity contribution in [2.45, 2.75) is 39.7 Å². The van der Waals surface area contributed by atoms with E-state index in [1.165, 1.54) is 12.1 Å². The van der Waals surface area contributed by atoms with Gasteiger partial charge in [-0.05, 0) is 24.6 Å². The summed E-state index contributed by atoms with van der Waals surface area (Å²) in [5, 5.41) is 12.9. The smallest absolute Gasteiger partial charge is 0.335 e. The molecule has 21 heavy (non-hydrogen) atoms.